The van der Waals surface area contributed by atoms with Crippen molar-refractivity contribution in [2.45, 2.75) is 76.9 Å². The number of hydrogen-bond acceptors (Lipinski definition) is 5. The van der Waals surface area contributed by atoms with E-state index in [1.165, 1.54) is 64.5 Å². The number of carboxylic acids is 2. The first-order valence-corrected chi connectivity index (χ1v) is 10.3. The van der Waals surface area contributed by atoms with E-state index < -0.39 is 33.7 Å². The van der Waals surface area contributed by atoms with Crippen molar-refractivity contribution in [2.24, 2.45) is 0 Å². The largest absolute Gasteiger partial charge is 0.481 e. The van der Waals surface area contributed by atoms with Crippen molar-refractivity contribution in [3.05, 3.63) is 0 Å². The van der Waals surface area contributed by atoms with Crippen LogP contribution in [-0.2, 0) is 19.7 Å². The number of aliphatic carboxylic acids is 2. The van der Waals surface area contributed by atoms with Crippen LogP contribution >= 0.6 is 0 Å². The molecule has 0 bridgehead atoms. The average Bonchev–Trinajstić information content (AvgIpc) is 2.50. The van der Waals surface area contributed by atoms with Crippen LogP contribution in [-0.4, -0.2) is 53.5 Å². The molecule has 4 N–H and O–H groups in total. The van der Waals surface area contributed by atoms with Crippen molar-refractivity contribution in [1.82, 2.24) is 5.32 Å². The third kappa shape index (κ3) is 19.0. The molecule has 0 aromatic carbocycles. The van der Waals surface area contributed by atoms with Gasteiger partial charge in [0, 0.05) is 0 Å². The average molecular weight is 384 g/mol. The molecule has 9 heteroatoms. The molecular weight excluding hydrogens is 350 g/mol. The lowest BCUT2D eigenvalue weighted by molar-refractivity contribution is -0.143. The highest BCUT2D eigenvalue weighted by Gasteiger charge is 2.33. The van der Waals surface area contributed by atoms with Gasteiger partial charge < -0.3 is 15.5 Å². The van der Waals surface area contributed by atoms with Gasteiger partial charge in [0.25, 0.3) is 10.1 Å². The molecule has 0 heterocycles. The second kappa shape index (κ2) is 16.3. The molecule has 25 heavy (non-hydrogen) atoms. The summed E-state index contributed by atoms with van der Waals surface area (Å²) >= 11 is 0. The number of nitrogens with one attached hydrogen (secondary N) is 1. The summed E-state index contributed by atoms with van der Waals surface area (Å²) in [5.41, 5.74) is 0. The van der Waals surface area contributed by atoms with Gasteiger partial charge in [-0.2, -0.15) is 8.42 Å². The second-order valence-electron chi connectivity index (χ2n) is 5.81. The van der Waals surface area contributed by atoms with Crippen LogP contribution in [0, 0.1) is 0 Å². The summed E-state index contributed by atoms with van der Waals surface area (Å²) < 4.78 is 28.7. The lowest BCUT2D eigenvalue weighted by Gasteiger charge is -2.04. The van der Waals surface area contributed by atoms with Crippen LogP contribution in [0.15, 0.2) is 0 Å². The minimum Gasteiger partial charge on any atom is -0.481 e. The predicted molar refractivity (Wildman–Crippen MR) is 96.4 cm³/mol. The fourth-order valence-electron chi connectivity index (χ4n) is 1.96. The monoisotopic (exact) mass is 383 g/mol. The molecule has 1 atom stereocenters. The summed E-state index contributed by atoms with van der Waals surface area (Å²) in [5, 5.41) is 17.4. The summed E-state index contributed by atoms with van der Waals surface area (Å²) in [6, 6.07) is 0. The molecule has 0 aromatic rings. The maximum absolute atomic E-state index is 10.2. The van der Waals surface area contributed by atoms with Gasteiger partial charge >= 0.3 is 11.9 Å². The normalized spacial score (nSPS) is 12.1. The Kier molecular flexibility index (Phi) is 17.0. The van der Waals surface area contributed by atoms with Crippen LogP contribution in [0.5, 0.6) is 0 Å². The first-order valence-electron chi connectivity index (χ1n) is 8.78. The standard InChI is InChI=1S/C12H27N.C4H6O7S/c1-3-5-7-9-11-13-12-10-8-6-4-2;5-3(6)1-2(4(7)8)12(9,10)11/h13H,3-12H2,1-2H3;2H,1H2,(H,5,6)(H,7,8)(H,9,10,11). The zero-order chi connectivity index (χ0) is 19.7. The quantitative estimate of drug-likeness (QED) is 0.265. The first-order chi connectivity index (χ1) is 11.7. The SMILES string of the molecule is CCCCCCNCCCCCC.O=C(O)CC(C(=O)O)S(=O)(=O)O. The number of carbonyl (C=O) groups is 2. The molecule has 0 saturated heterocycles. The van der Waals surface area contributed by atoms with Crippen molar-refractivity contribution >= 4 is 22.1 Å². The molecule has 0 aliphatic heterocycles. The summed E-state index contributed by atoms with van der Waals surface area (Å²) in [6.07, 6.45) is 9.86. The van der Waals surface area contributed by atoms with Crippen LogP contribution in [0.25, 0.3) is 0 Å². The van der Waals surface area contributed by atoms with E-state index >= 15 is 0 Å². The molecule has 0 aliphatic rings. The van der Waals surface area contributed by atoms with Gasteiger partial charge in [0.05, 0.1) is 6.42 Å². The Balaban J connectivity index is 0. The number of unbranched alkanes of at least 4 members (excludes halogenated alkanes) is 6. The highest BCUT2D eigenvalue weighted by Crippen LogP contribution is 2.04. The van der Waals surface area contributed by atoms with Crippen LogP contribution in [0.4, 0.5) is 0 Å². The Morgan fingerprint density at radius 3 is 1.56 bits per heavy atom. The van der Waals surface area contributed by atoms with E-state index in [0.29, 0.717) is 0 Å². The van der Waals surface area contributed by atoms with E-state index in [1.54, 1.807) is 0 Å². The summed E-state index contributed by atoms with van der Waals surface area (Å²) in [4.78, 5) is 20.0. The number of hydrogen-bond donors (Lipinski definition) is 4. The predicted octanol–water partition coefficient (Wildman–Crippen LogP) is 2.54. The van der Waals surface area contributed by atoms with Gasteiger partial charge in [-0.05, 0) is 25.9 Å². The molecule has 0 radical (unpaired) electrons. The summed E-state index contributed by atoms with van der Waals surface area (Å²) in [6.45, 7) is 6.98. The van der Waals surface area contributed by atoms with Crippen molar-refractivity contribution in [2.75, 3.05) is 13.1 Å². The number of carboxylic acid groups (broad SMARTS) is 2. The molecule has 0 fully saturated rings. The lowest BCUT2D eigenvalue weighted by atomic mass is 10.2. The summed E-state index contributed by atoms with van der Waals surface area (Å²) in [7, 11) is -4.84. The molecule has 0 aliphatic carbocycles. The van der Waals surface area contributed by atoms with Gasteiger partial charge in [-0.25, -0.2) is 0 Å². The molecule has 150 valence electrons. The first kappa shape index (κ1) is 26.0. The van der Waals surface area contributed by atoms with E-state index in [4.69, 9.17) is 14.8 Å². The smallest absolute Gasteiger partial charge is 0.325 e. The zero-order valence-corrected chi connectivity index (χ0v) is 16.1. The van der Waals surface area contributed by atoms with E-state index in [-0.39, 0.29) is 0 Å². The Hall–Kier alpha value is -1.19. The zero-order valence-electron chi connectivity index (χ0n) is 15.2. The van der Waals surface area contributed by atoms with Gasteiger partial charge in [0.2, 0.25) is 0 Å². The molecular formula is C16H33NO7S. The van der Waals surface area contributed by atoms with Crippen molar-refractivity contribution in [3.8, 4) is 0 Å². The van der Waals surface area contributed by atoms with Gasteiger partial charge in [0.1, 0.15) is 0 Å². The molecule has 1 unspecified atom stereocenters. The fraction of sp³-hybridized carbons (Fsp3) is 0.875. The van der Waals surface area contributed by atoms with Gasteiger partial charge in [-0.1, -0.05) is 52.4 Å². The Morgan fingerprint density at radius 1 is 0.880 bits per heavy atom. The van der Waals surface area contributed by atoms with E-state index in [2.05, 4.69) is 19.2 Å². The second-order valence-corrected chi connectivity index (χ2v) is 7.41. The van der Waals surface area contributed by atoms with Crippen molar-refractivity contribution in [1.29, 1.82) is 0 Å². The highest BCUT2D eigenvalue weighted by atomic mass is 32.2. The molecule has 0 spiro atoms. The highest BCUT2D eigenvalue weighted by molar-refractivity contribution is 7.87. The van der Waals surface area contributed by atoms with Crippen LogP contribution in [0.3, 0.4) is 0 Å². The Labute approximate surface area is 150 Å². The maximum atomic E-state index is 10.2. The van der Waals surface area contributed by atoms with Crippen LogP contribution < -0.4 is 5.32 Å². The Morgan fingerprint density at radius 2 is 1.32 bits per heavy atom. The van der Waals surface area contributed by atoms with E-state index in [9.17, 15) is 18.0 Å². The molecule has 8 nitrogen and oxygen atoms in total. The molecule has 0 rings (SSSR count). The van der Waals surface area contributed by atoms with E-state index in [0.717, 1.165) is 0 Å². The van der Waals surface area contributed by atoms with Crippen LogP contribution in [0.1, 0.15) is 71.6 Å². The Bertz CT molecular complexity index is 441. The maximum Gasteiger partial charge on any atom is 0.325 e. The summed E-state index contributed by atoms with van der Waals surface area (Å²) in [5.74, 6) is -3.50. The molecule has 0 aromatic heterocycles. The van der Waals surface area contributed by atoms with Gasteiger partial charge in [0.15, 0.2) is 5.25 Å². The molecule has 0 amide bonds. The minimum atomic E-state index is -4.84. The fourth-order valence-corrected chi connectivity index (χ4v) is 2.57. The lowest BCUT2D eigenvalue weighted by Crippen LogP contribution is -2.31. The van der Waals surface area contributed by atoms with Gasteiger partial charge in [-0.15, -0.1) is 0 Å². The van der Waals surface area contributed by atoms with Crippen LogP contribution in [0.2, 0.25) is 0 Å². The topological polar surface area (TPSA) is 141 Å². The van der Waals surface area contributed by atoms with Crippen molar-refractivity contribution in [3.63, 3.8) is 0 Å². The molecule has 0 saturated carbocycles. The van der Waals surface area contributed by atoms with Gasteiger partial charge in [-0.3, -0.25) is 14.1 Å². The number of rotatable bonds is 14. The minimum absolute atomic E-state index is 1.16. The third-order valence-electron chi connectivity index (χ3n) is 3.41. The third-order valence-corrected chi connectivity index (χ3v) is 4.50. The van der Waals surface area contributed by atoms with Crippen molar-refractivity contribution < 1.29 is 32.8 Å². The van der Waals surface area contributed by atoms with E-state index in [1.807, 2.05) is 0 Å².